The van der Waals surface area contributed by atoms with Gasteiger partial charge in [-0.15, -0.1) is 0 Å². The summed E-state index contributed by atoms with van der Waals surface area (Å²) in [4.78, 5) is 23.1. The van der Waals surface area contributed by atoms with E-state index in [1.807, 2.05) is 6.92 Å². The normalized spacial score (nSPS) is 20.0. The van der Waals surface area contributed by atoms with Crippen LogP contribution in [0.1, 0.15) is 13.3 Å². The number of carbonyl (C=O) groups is 2. The molecule has 1 aromatic carbocycles. The number of rotatable bonds is 6. The van der Waals surface area contributed by atoms with Gasteiger partial charge in [0.1, 0.15) is 5.75 Å². The Bertz CT molecular complexity index is 535. The van der Waals surface area contributed by atoms with Crippen molar-refractivity contribution in [2.75, 3.05) is 11.9 Å². The average Bonchev–Trinajstić information content (AvgIpc) is 3.15. The molecule has 1 aliphatic rings. The molecule has 114 valence electrons. The van der Waals surface area contributed by atoms with Crippen LogP contribution in [0.5, 0.6) is 5.75 Å². The quantitative estimate of drug-likeness (QED) is 0.819. The number of hydrogen-bond acceptors (Lipinski definition) is 4. The molecule has 0 heterocycles. The van der Waals surface area contributed by atoms with Crippen molar-refractivity contribution in [3.8, 4) is 5.75 Å². The van der Waals surface area contributed by atoms with Crippen LogP contribution in [0.4, 0.5) is 14.5 Å². The molecule has 0 radical (unpaired) electrons. The van der Waals surface area contributed by atoms with Crippen molar-refractivity contribution in [2.45, 2.75) is 20.0 Å². The van der Waals surface area contributed by atoms with Gasteiger partial charge in [-0.05, 0) is 24.5 Å². The van der Waals surface area contributed by atoms with Gasteiger partial charge in [0.15, 0.2) is 6.61 Å². The molecule has 1 saturated carbocycles. The summed E-state index contributed by atoms with van der Waals surface area (Å²) in [6.07, 6.45) is 0.769. The first-order valence-electron chi connectivity index (χ1n) is 6.47. The maximum Gasteiger partial charge on any atom is 0.387 e. The minimum absolute atomic E-state index is 0.0960. The van der Waals surface area contributed by atoms with Gasteiger partial charge in [0.05, 0.1) is 11.6 Å². The SMILES string of the molecule is C[C@H]1C[C@H]1C(=O)OCC(=O)Nc1ccccc1OC(F)F. The van der Waals surface area contributed by atoms with Crippen molar-refractivity contribution in [1.29, 1.82) is 0 Å². The fourth-order valence-corrected chi connectivity index (χ4v) is 1.85. The lowest BCUT2D eigenvalue weighted by atomic mass is 10.3. The third-order valence-corrected chi connectivity index (χ3v) is 3.13. The fourth-order valence-electron chi connectivity index (χ4n) is 1.85. The lowest BCUT2D eigenvalue weighted by Crippen LogP contribution is -2.22. The van der Waals surface area contributed by atoms with Crippen molar-refractivity contribution in [3.63, 3.8) is 0 Å². The van der Waals surface area contributed by atoms with E-state index < -0.39 is 25.1 Å². The Morgan fingerprint density at radius 2 is 2.05 bits per heavy atom. The van der Waals surface area contributed by atoms with Gasteiger partial charge in [-0.25, -0.2) is 0 Å². The number of ether oxygens (including phenoxy) is 2. The molecule has 1 amide bonds. The zero-order valence-corrected chi connectivity index (χ0v) is 11.3. The van der Waals surface area contributed by atoms with Crippen LogP contribution in [0.25, 0.3) is 0 Å². The number of hydrogen-bond donors (Lipinski definition) is 1. The molecule has 0 spiro atoms. The van der Waals surface area contributed by atoms with Crippen LogP contribution < -0.4 is 10.1 Å². The molecule has 0 unspecified atom stereocenters. The van der Waals surface area contributed by atoms with E-state index in [1.54, 1.807) is 6.07 Å². The summed E-state index contributed by atoms with van der Waals surface area (Å²) in [5.74, 6) is -1.01. The number of alkyl halides is 2. The largest absolute Gasteiger partial charge is 0.455 e. The molecule has 2 rings (SSSR count). The molecular formula is C14H15F2NO4. The Morgan fingerprint density at radius 1 is 1.38 bits per heavy atom. The summed E-state index contributed by atoms with van der Waals surface area (Å²) in [5.41, 5.74) is 0.0960. The van der Waals surface area contributed by atoms with Crippen LogP contribution >= 0.6 is 0 Å². The van der Waals surface area contributed by atoms with Crippen LogP contribution in [-0.2, 0) is 14.3 Å². The number of nitrogens with one attached hydrogen (secondary N) is 1. The number of amides is 1. The summed E-state index contributed by atoms with van der Waals surface area (Å²) in [6, 6.07) is 5.79. The van der Waals surface area contributed by atoms with Gasteiger partial charge >= 0.3 is 12.6 Å². The topological polar surface area (TPSA) is 64.6 Å². The molecule has 0 bridgehead atoms. The first kappa shape index (κ1) is 15.2. The standard InChI is InChI=1S/C14H15F2NO4/c1-8-6-9(8)13(19)20-7-12(18)17-10-4-2-3-5-11(10)21-14(15)16/h2-5,8-9,14H,6-7H2,1H3,(H,17,18)/t8-,9+/m0/s1. The Balaban J connectivity index is 1.86. The van der Waals surface area contributed by atoms with Gasteiger partial charge in [0.25, 0.3) is 5.91 Å². The van der Waals surface area contributed by atoms with Gasteiger partial charge in [-0.1, -0.05) is 19.1 Å². The third kappa shape index (κ3) is 4.40. The summed E-state index contributed by atoms with van der Waals surface area (Å²) in [7, 11) is 0. The minimum atomic E-state index is -2.99. The van der Waals surface area contributed by atoms with Crippen molar-refractivity contribution in [1.82, 2.24) is 0 Å². The first-order chi connectivity index (χ1) is 9.97. The maximum absolute atomic E-state index is 12.2. The first-order valence-corrected chi connectivity index (χ1v) is 6.47. The van der Waals surface area contributed by atoms with E-state index in [4.69, 9.17) is 4.74 Å². The highest BCUT2D eigenvalue weighted by Gasteiger charge is 2.40. The molecule has 0 aromatic heterocycles. The second-order valence-corrected chi connectivity index (χ2v) is 4.85. The fraction of sp³-hybridized carbons (Fsp3) is 0.429. The van der Waals surface area contributed by atoms with E-state index in [-0.39, 0.29) is 17.4 Å². The van der Waals surface area contributed by atoms with Crippen molar-refractivity contribution in [3.05, 3.63) is 24.3 Å². The summed E-state index contributed by atoms with van der Waals surface area (Å²) < 4.78 is 33.6. The van der Waals surface area contributed by atoms with E-state index in [9.17, 15) is 18.4 Å². The van der Waals surface area contributed by atoms with Gasteiger partial charge < -0.3 is 14.8 Å². The lowest BCUT2D eigenvalue weighted by molar-refractivity contribution is -0.148. The van der Waals surface area contributed by atoms with E-state index in [0.29, 0.717) is 5.92 Å². The summed E-state index contributed by atoms with van der Waals surface area (Å²) >= 11 is 0. The predicted octanol–water partition coefficient (Wildman–Crippen LogP) is 2.43. The van der Waals surface area contributed by atoms with Crippen LogP contribution in [0.3, 0.4) is 0 Å². The monoisotopic (exact) mass is 299 g/mol. The molecule has 1 aliphatic carbocycles. The predicted molar refractivity (Wildman–Crippen MR) is 69.9 cm³/mol. The highest BCUT2D eigenvalue weighted by Crippen LogP contribution is 2.38. The third-order valence-electron chi connectivity index (χ3n) is 3.13. The number of halogens is 2. The van der Waals surface area contributed by atoms with Crippen LogP contribution in [0, 0.1) is 11.8 Å². The second kappa shape index (κ2) is 6.51. The number of carbonyl (C=O) groups excluding carboxylic acids is 2. The molecule has 0 aliphatic heterocycles. The van der Waals surface area contributed by atoms with Crippen LogP contribution in [0.15, 0.2) is 24.3 Å². The van der Waals surface area contributed by atoms with Crippen molar-refractivity contribution < 1.29 is 27.8 Å². The molecule has 0 saturated heterocycles. The maximum atomic E-state index is 12.2. The summed E-state index contributed by atoms with van der Waals surface area (Å²) in [6.45, 7) is -1.52. The van der Waals surface area contributed by atoms with E-state index >= 15 is 0 Å². The molecule has 21 heavy (non-hydrogen) atoms. The Kier molecular flexibility index (Phi) is 4.72. The van der Waals surface area contributed by atoms with E-state index in [0.717, 1.165) is 6.42 Å². The summed E-state index contributed by atoms with van der Waals surface area (Å²) in [5, 5.41) is 2.37. The highest BCUT2D eigenvalue weighted by atomic mass is 19.3. The van der Waals surface area contributed by atoms with Gasteiger partial charge in [0.2, 0.25) is 0 Å². The lowest BCUT2D eigenvalue weighted by Gasteiger charge is -2.11. The molecular weight excluding hydrogens is 284 g/mol. The van der Waals surface area contributed by atoms with Gasteiger partial charge in [-0.3, -0.25) is 9.59 Å². The smallest absolute Gasteiger partial charge is 0.387 e. The Morgan fingerprint density at radius 3 is 2.67 bits per heavy atom. The Labute approximate surface area is 120 Å². The highest BCUT2D eigenvalue weighted by molar-refractivity contribution is 5.94. The number of para-hydroxylation sites is 2. The van der Waals surface area contributed by atoms with Gasteiger partial charge in [-0.2, -0.15) is 8.78 Å². The Hall–Kier alpha value is -2.18. The molecule has 1 aromatic rings. The molecule has 2 atom stereocenters. The van der Waals surface area contributed by atoms with Crippen molar-refractivity contribution >= 4 is 17.6 Å². The average molecular weight is 299 g/mol. The number of anilines is 1. The zero-order valence-electron chi connectivity index (χ0n) is 11.3. The number of benzene rings is 1. The number of esters is 1. The molecule has 5 nitrogen and oxygen atoms in total. The second-order valence-electron chi connectivity index (χ2n) is 4.85. The minimum Gasteiger partial charge on any atom is -0.455 e. The van der Waals surface area contributed by atoms with Crippen LogP contribution in [0.2, 0.25) is 0 Å². The van der Waals surface area contributed by atoms with Crippen molar-refractivity contribution in [2.24, 2.45) is 11.8 Å². The molecule has 1 fully saturated rings. The van der Waals surface area contributed by atoms with E-state index in [2.05, 4.69) is 10.1 Å². The van der Waals surface area contributed by atoms with E-state index in [1.165, 1.54) is 18.2 Å². The molecule has 1 N–H and O–H groups in total. The molecule has 7 heteroatoms. The van der Waals surface area contributed by atoms with Crippen LogP contribution in [-0.4, -0.2) is 25.1 Å². The zero-order chi connectivity index (χ0) is 15.4. The van der Waals surface area contributed by atoms with Gasteiger partial charge in [0, 0.05) is 0 Å².